The summed E-state index contributed by atoms with van der Waals surface area (Å²) in [5.74, 6) is 0. The van der Waals surface area contributed by atoms with Gasteiger partial charge < -0.3 is 10.8 Å². The van der Waals surface area contributed by atoms with E-state index in [0.717, 1.165) is 27.8 Å². The van der Waals surface area contributed by atoms with Crippen molar-refractivity contribution >= 4 is 11.1 Å². The second kappa shape index (κ2) is 7.05. The monoisotopic (exact) mass is 301 g/mol. The molecule has 0 heterocycles. The van der Waals surface area contributed by atoms with E-state index in [-0.39, 0.29) is 0 Å². The van der Waals surface area contributed by atoms with Gasteiger partial charge in [-0.05, 0) is 22.3 Å². The largest absolute Gasteiger partial charge is 0.374 e. The van der Waals surface area contributed by atoms with Crippen LogP contribution in [0.15, 0.2) is 91.0 Å². The molecule has 3 N–H and O–H groups in total. The highest BCUT2D eigenvalue weighted by Gasteiger charge is 2.17. The number of nitrogens with two attached hydrogens (primary N) is 1. The number of rotatable bonds is 4. The molecule has 0 saturated heterocycles. The minimum Gasteiger partial charge on any atom is -0.374 e. The molecule has 0 radical (unpaired) electrons. The van der Waals surface area contributed by atoms with E-state index in [0.29, 0.717) is 0 Å². The third-order valence-corrected chi connectivity index (χ3v) is 3.77. The lowest BCUT2D eigenvalue weighted by molar-refractivity contribution is 0.241. The van der Waals surface area contributed by atoms with E-state index >= 15 is 0 Å². The van der Waals surface area contributed by atoms with Crippen LogP contribution in [0, 0.1) is 0 Å². The Bertz CT molecular complexity index is 736. The molecule has 2 nitrogen and oxygen atoms in total. The van der Waals surface area contributed by atoms with Crippen molar-refractivity contribution in [3.63, 3.8) is 0 Å². The Morgan fingerprint density at radius 2 is 0.957 bits per heavy atom. The van der Waals surface area contributed by atoms with Gasteiger partial charge in [-0.2, -0.15) is 0 Å². The molecule has 3 rings (SSSR count). The topological polar surface area (TPSA) is 46.2 Å². The second-order valence-corrected chi connectivity index (χ2v) is 5.33. The molecule has 3 aromatic rings. The fourth-order valence-corrected chi connectivity index (χ4v) is 2.77. The van der Waals surface area contributed by atoms with Crippen LogP contribution in [-0.2, 0) is 0 Å². The average Bonchev–Trinajstić information content (AvgIpc) is 2.61. The van der Waals surface area contributed by atoms with E-state index in [2.05, 4.69) is 0 Å². The Morgan fingerprint density at radius 3 is 1.30 bits per heavy atom. The minimum absolute atomic E-state index is 0.725. The zero-order valence-electron chi connectivity index (χ0n) is 12.8. The maximum absolute atomic E-state index is 10.3. The molecular formula is C21H19NO. The van der Waals surface area contributed by atoms with E-state index in [1.54, 1.807) is 0 Å². The quantitative estimate of drug-likeness (QED) is 0.566. The molecule has 0 saturated carbocycles. The summed E-state index contributed by atoms with van der Waals surface area (Å²) in [7, 11) is 0. The van der Waals surface area contributed by atoms with Crippen LogP contribution >= 0.6 is 0 Å². The SMILES string of the molecule is N[C@H](O)C(=C(c1ccccc1)c1ccccc1)c1ccccc1. The van der Waals surface area contributed by atoms with E-state index < -0.39 is 6.23 Å². The van der Waals surface area contributed by atoms with Crippen molar-refractivity contribution in [2.75, 3.05) is 0 Å². The first kappa shape index (κ1) is 15.2. The summed E-state index contributed by atoms with van der Waals surface area (Å²) in [6, 6.07) is 29.9. The van der Waals surface area contributed by atoms with Gasteiger partial charge in [0.2, 0.25) is 0 Å². The highest BCUT2D eigenvalue weighted by Crippen LogP contribution is 2.33. The fourth-order valence-electron chi connectivity index (χ4n) is 2.77. The van der Waals surface area contributed by atoms with Crippen molar-refractivity contribution in [2.45, 2.75) is 6.23 Å². The predicted octanol–water partition coefficient (Wildman–Crippen LogP) is 3.92. The van der Waals surface area contributed by atoms with Gasteiger partial charge in [0.05, 0.1) is 0 Å². The van der Waals surface area contributed by atoms with Gasteiger partial charge in [-0.3, -0.25) is 0 Å². The summed E-state index contributed by atoms with van der Waals surface area (Å²) in [4.78, 5) is 0. The maximum atomic E-state index is 10.3. The highest BCUT2D eigenvalue weighted by molar-refractivity contribution is 5.99. The van der Waals surface area contributed by atoms with Crippen LogP contribution in [0.5, 0.6) is 0 Å². The Balaban J connectivity index is 2.32. The number of aliphatic hydroxyl groups is 1. The van der Waals surface area contributed by atoms with Gasteiger partial charge in [0.1, 0.15) is 6.23 Å². The third-order valence-electron chi connectivity index (χ3n) is 3.77. The Kier molecular flexibility index (Phi) is 4.67. The standard InChI is InChI=1S/C21H19NO/c22-21(23)20(18-14-8-3-9-15-18)19(16-10-4-1-5-11-16)17-12-6-2-7-13-17/h1-15,21,23H,22H2/t21-/m1/s1. The van der Waals surface area contributed by atoms with Gasteiger partial charge in [0, 0.05) is 5.57 Å². The summed E-state index contributed by atoms with van der Waals surface area (Å²) in [5, 5.41) is 10.3. The van der Waals surface area contributed by atoms with Gasteiger partial charge in [-0.25, -0.2) is 0 Å². The molecule has 0 aliphatic heterocycles. The average molecular weight is 301 g/mol. The van der Waals surface area contributed by atoms with Crippen LogP contribution < -0.4 is 5.73 Å². The number of hydrogen-bond acceptors (Lipinski definition) is 2. The van der Waals surface area contributed by atoms with E-state index in [4.69, 9.17) is 5.73 Å². The van der Waals surface area contributed by atoms with Crippen molar-refractivity contribution in [3.8, 4) is 0 Å². The number of benzene rings is 3. The Morgan fingerprint density at radius 1 is 0.609 bits per heavy atom. The summed E-state index contributed by atoms with van der Waals surface area (Å²) in [6.45, 7) is 0. The predicted molar refractivity (Wildman–Crippen MR) is 95.4 cm³/mol. The Labute approximate surface area is 136 Å². The molecule has 23 heavy (non-hydrogen) atoms. The molecule has 0 aromatic heterocycles. The molecular weight excluding hydrogens is 282 g/mol. The molecule has 0 bridgehead atoms. The molecule has 1 atom stereocenters. The summed E-state index contributed by atoms with van der Waals surface area (Å²) < 4.78 is 0. The molecule has 0 fully saturated rings. The van der Waals surface area contributed by atoms with Gasteiger partial charge in [-0.15, -0.1) is 0 Å². The maximum Gasteiger partial charge on any atom is 0.129 e. The summed E-state index contributed by atoms with van der Waals surface area (Å²) in [5.41, 5.74) is 10.6. The second-order valence-electron chi connectivity index (χ2n) is 5.33. The van der Waals surface area contributed by atoms with Crippen LogP contribution in [0.25, 0.3) is 11.1 Å². The molecule has 0 spiro atoms. The van der Waals surface area contributed by atoms with Crippen LogP contribution in [0.4, 0.5) is 0 Å². The van der Waals surface area contributed by atoms with Crippen LogP contribution in [0.1, 0.15) is 16.7 Å². The first-order chi connectivity index (χ1) is 11.3. The normalized spacial score (nSPS) is 11.7. The van der Waals surface area contributed by atoms with Crippen LogP contribution in [-0.4, -0.2) is 11.3 Å². The van der Waals surface area contributed by atoms with E-state index in [1.165, 1.54) is 0 Å². The Hall–Kier alpha value is -2.68. The van der Waals surface area contributed by atoms with E-state index in [1.807, 2.05) is 91.0 Å². The smallest absolute Gasteiger partial charge is 0.129 e. The van der Waals surface area contributed by atoms with Gasteiger partial charge in [0.15, 0.2) is 0 Å². The van der Waals surface area contributed by atoms with Crippen molar-refractivity contribution < 1.29 is 5.11 Å². The highest BCUT2D eigenvalue weighted by atomic mass is 16.3. The number of hydrogen-bond donors (Lipinski definition) is 2. The molecule has 0 unspecified atom stereocenters. The van der Waals surface area contributed by atoms with Gasteiger partial charge >= 0.3 is 0 Å². The summed E-state index contributed by atoms with van der Waals surface area (Å²) >= 11 is 0. The van der Waals surface area contributed by atoms with Crippen LogP contribution in [0.2, 0.25) is 0 Å². The lowest BCUT2D eigenvalue weighted by Gasteiger charge is -2.19. The zero-order valence-corrected chi connectivity index (χ0v) is 12.8. The lowest BCUT2D eigenvalue weighted by Crippen LogP contribution is -2.22. The molecule has 0 aliphatic rings. The van der Waals surface area contributed by atoms with Crippen molar-refractivity contribution in [3.05, 3.63) is 108 Å². The van der Waals surface area contributed by atoms with Crippen molar-refractivity contribution in [1.29, 1.82) is 0 Å². The molecule has 3 aromatic carbocycles. The van der Waals surface area contributed by atoms with Crippen LogP contribution in [0.3, 0.4) is 0 Å². The molecule has 0 aliphatic carbocycles. The molecule has 2 heteroatoms. The number of aliphatic hydroxyl groups excluding tert-OH is 1. The lowest BCUT2D eigenvalue weighted by atomic mass is 9.89. The van der Waals surface area contributed by atoms with Gasteiger partial charge in [0.25, 0.3) is 0 Å². The van der Waals surface area contributed by atoms with Crippen molar-refractivity contribution in [1.82, 2.24) is 0 Å². The molecule has 0 amide bonds. The zero-order chi connectivity index (χ0) is 16.1. The van der Waals surface area contributed by atoms with Crippen molar-refractivity contribution in [2.24, 2.45) is 5.73 Å². The first-order valence-corrected chi connectivity index (χ1v) is 7.61. The fraction of sp³-hybridized carbons (Fsp3) is 0.0476. The minimum atomic E-state index is -1.06. The first-order valence-electron chi connectivity index (χ1n) is 7.61. The van der Waals surface area contributed by atoms with E-state index in [9.17, 15) is 5.11 Å². The molecule has 114 valence electrons. The third kappa shape index (κ3) is 3.39. The summed E-state index contributed by atoms with van der Waals surface area (Å²) in [6.07, 6.45) is -1.06. The van der Waals surface area contributed by atoms with Gasteiger partial charge in [-0.1, -0.05) is 91.0 Å².